The normalized spacial score (nSPS) is 10.6. The van der Waals surface area contributed by atoms with Gasteiger partial charge < -0.3 is 10.6 Å². The Morgan fingerprint density at radius 1 is 1.19 bits per heavy atom. The first kappa shape index (κ1) is 13.8. The minimum absolute atomic E-state index is 0.248. The molecule has 106 valence electrons. The molecule has 0 spiro atoms. The lowest BCUT2D eigenvalue weighted by Gasteiger charge is -2.11. The largest absolute Gasteiger partial charge is 0.387 e. The molecular weight excluding hydrogens is 308 g/mol. The molecule has 2 N–H and O–H groups in total. The third-order valence-electron chi connectivity index (χ3n) is 3.06. The second-order valence-electron chi connectivity index (χ2n) is 4.30. The molecule has 1 amide bonds. The summed E-state index contributed by atoms with van der Waals surface area (Å²) in [5.74, 6) is -0.248. The Labute approximate surface area is 130 Å². The van der Waals surface area contributed by atoms with Crippen LogP contribution in [0.4, 0.5) is 11.4 Å². The van der Waals surface area contributed by atoms with E-state index in [1.54, 1.807) is 25.2 Å². The zero-order valence-corrected chi connectivity index (χ0v) is 12.6. The highest BCUT2D eigenvalue weighted by Crippen LogP contribution is 2.30. The van der Waals surface area contributed by atoms with Crippen molar-refractivity contribution >= 4 is 51.6 Å². The van der Waals surface area contributed by atoms with Crippen LogP contribution in [0.2, 0.25) is 5.02 Å². The van der Waals surface area contributed by atoms with E-state index in [1.165, 1.54) is 0 Å². The molecule has 5 nitrogen and oxygen atoms in total. The van der Waals surface area contributed by atoms with E-state index in [4.69, 9.17) is 11.6 Å². The van der Waals surface area contributed by atoms with Gasteiger partial charge in [-0.3, -0.25) is 4.79 Å². The maximum absolute atomic E-state index is 12.5. The SMILES string of the molecule is CNc1ccccc1C(=O)Nc1c(Cl)ccc2nsnc12. The highest BCUT2D eigenvalue weighted by Gasteiger charge is 2.15. The highest BCUT2D eigenvalue weighted by atomic mass is 35.5. The van der Waals surface area contributed by atoms with Crippen molar-refractivity contribution < 1.29 is 4.79 Å². The van der Waals surface area contributed by atoms with E-state index < -0.39 is 0 Å². The van der Waals surface area contributed by atoms with Gasteiger partial charge in [-0.2, -0.15) is 8.75 Å². The monoisotopic (exact) mass is 318 g/mol. The fourth-order valence-electron chi connectivity index (χ4n) is 2.03. The van der Waals surface area contributed by atoms with Gasteiger partial charge in [-0.05, 0) is 24.3 Å². The molecule has 0 radical (unpaired) electrons. The van der Waals surface area contributed by atoms with Crippen LogP contribution in [0, 0.1) is 0 Å². The molecule has 0 aliphatic heterocycles. The van der Waals surface area contributed by atoms with Gasteiger partial charge in [-0.15, -0.1) is 0 Å². The third-order valence-corrected chi connectivity index (χ3v) is 3.91. The van der Waals surface area contributed by atoms with Crippen LogP contribution in [0.1, 0.15) is 10.4 Å². The Morgan fingerprint density at radius 3 is 2.81 bits per heavy atom. The van der Waals surface area contributed by atoms with Crippen molar-refractivity contribution in [2.75, 3.05) is 17.7 Å². The Hall–Kier alpha value is -2.18. The third kappa shape index (κ3) is 2.55. The summed E-state index contributed by atoms with van der Waals surface area (Å²) in [6.45, 7) is 0. The van der Waals surface area contributed by atoms with Crippen molar-refractivity contribution in [2.45, 2.75) is 0 Å². The van der Waals surface area contributed by atoms with Gasteiger partial charge in [0.2, 0.25) is 0 Å². The van der Waals surface area contributed by atoms with Crippen molar-refractivity contribution in [3.05, 3.63) is 47.0 Å². The van der Waals surface area contributed by atoms with Gasteiger partial charge >= 0.3 is 0 Å². The van der Waals surface area contributed by atoms with Crippen LogP contribution in [0.5, 0.6) is 0 Å². The molecule has 0 aliphatic carbocycles. The maximum Gasteiger partial charge on any atom is 0.257 e. The second-order valence-corrected chi connectivity index (χ2v) is 5.24. The lowest BCUT2D eigenvalue weighted by Crippen LogP contribution is -2.14. The lowest BCUT2D eigenvalue weighted by atomic mass is 10.1. The number of rotatable bonds is 3. The lowest BCUT2D eigenvalue weighted by molar-refractivity contribution is 0.102. The molecule has 0 fully saturated rings. The van der Waals surface area contributed by atoms with Crippen LogP contribution < -0.4 is 10.6 Å². The van der Waals surface area contributed by atoms with Gasteiger partial charge in [0.25, 0.3) is 5.91 Å². The molecular formula is C14H11ClN4OS. The molecule has 0 bridgehead atoms. The molecule has 1 aromatic heterocycles. The minimum atomic E-state index is -0.248. The first-order chi connectivity index (χ1) is 10.2. The fraction of sp³-hybridized carbons (Fsp3) is 0.0714. The van der Waals surface area contributed by atoms with Crippen LogP contribution in [-0.4, -0.2) is 21.7 Å². The van der Waals surface area contributed by atoms with E-state index in [-0.39, 0.29) is 5.91 Å². The zero-order chi connectivity index (χ0) is 14.8. The average Bonchev–Trinajstić information content (AvgIpc) is 2.98. The van der Waals surface area contributed by atoms with E-state index in [2.05, 4.69) is 19.4 Å². The molecule has 0 aliphatic rings. The molecule has 3 rings (SSSR count). The second kappa shape index (κ2) is 5.67. The molecule has 1 heterocycles. The van der Waals surface area contributed by atoms with Gasteiger partial charge in [0.15, 0.2) is 0 Å². The van der Waals surface area contributed by atoms with Gasteiger partial charge in [-0.1, -0.05) is 23.7 Å². The number of nitrogens with one attached hydrogen (secondary N) is 2. The standard InChI is InChI=1S/C14H11ClN4OS/c1-16-10-5-3-2-4-8(10)14(20)17-12-9(15)6-7-11-13(12)19-21-18-11/h2-7,16H,1H3,(H,17,20). The van der Waals surface area contributed by atoms with Gasteiger partial charge in [0.1, 0.15) is 11.0 Å². The van der Waals surface area contributed by atoms with Gasteiger partial charge in [-0.25, -0.2) is 0 Å². The maximum atomic E-state index is 12.5. The van der Waals surface area contributed by atoms with Gasteiger partial charge in [0.05, 0.1) is 28.0 Å². The average molecular weight is 319 g/mol. The number of carbonyl (C=O) groups excluding carboxylic acids is 1. The van der Waals surface area contributed by atoms with Crippen molar-refractivity contribution in [2.24, 2.45) is 0 Å². The summed E-state index contributed by atoms with van der Waals surface area (Å²) >= 11 is 7.26. The van der Waals surface area contributed by atoms with E-state index in [0.717, 1.165) is 17.4 Å². The number of hydrogen-bond donors (Lipinski definition) is 2. The topological polar surface area (TPSA) is 66.9 Å². The van der Waals surface area contributed by atoms with E-state index in [0.29, 0.717) is 27.3 Å². The zero-order valence-electron chi connectivity index (χ0n) is 11.1. The molecule has 3 aromatic rings. The number of benzene rings is 2. The molecule has 0 saturated carbocycles. The Bertz CT molecular complexity index is 818. The van der Waals surface area contributed by atoms with Crippen LogP contribution in [0.3, 0.4) is 0 Å². The molecule has 2 aromatic carbocycles. The number of aromatic nitrogens is 2. The quantitative estimate of drug-likeness (QED) is 0.773. The van der Waals surface area contributed by atoms with Crippen LogP contribution >= 0.6 is 23.3 Å². The summed E-state index contributed by atoms with van der Waals surface area (Å²) in [5, 5.41) is 6.25. The highest BCUT2D eigenvalue weighted by molar-refractivity contribution is 7.00. The summed E-state index contributed by atoms with van der Waals surface area (Å²) in [4.78, 5) is 12.5. The predicted molar refractivity (Wildman–Crippen MR) is 86.4 cm³/mol. The number of fused-ring (bicyclic) bond motifs is 1. The van der Waals surface area contributed by atoms with Crippen LogP contribution in [0.25, 0.3) is 11.0 Å². The molecule has 0 saturated heterocycles. The number of hydrogen-bond acceptors (Lipinski definition) is 5. The first-order valence-electron chi connectivity index (χ1n) is 6.19. The van der Waals surface area contributed by atoms with Crippen molar-refractivity contribution in [1.82, 2.24) is 8.75 Å². The Balaban J connectivity index is 2.00. The van der Waals surface area contributed by atoms with Crippen LogP contribution in [0.15, 0.2) is 36.4 Å². The number of para-hydroxylation sites is 1. The summed E-state index contributed by atoms with van der Waals surface area (Å²) in [6.07, 6.45) is 0. The molecule has 7 heteroatoms. The van der Waals surface area contributed by atoms with Crippen LogP contribution in [-0.2, 0) is 0 Å². The molecule has 0 unspecified atom stereocenters. The smallest absolute Gasteiger partial charge is 0.257 e. The van der Waals surface area contributed by atoms with Crippen molar-refractivity contribution in [3.8, 4) is 0 Å². The molecule has 0 atom stereocenters. The minimum Gasteiger partial charge on any atom is -0.387 e. The Kier molecular flexibility index (Phi) is 3.72. The predicted octanol–water partition coefficient (Wildman–Crippen LogP) is 3.64. The summed E-state index contributed by atoms with van der Waals surface area (Å²) in [6, 6.07) is 10.7. The fourth-order valence-corrected chi connectivity index (χ4v) is 2.77. The van der Waals surface area contributed by atoms with E-state index in [1.807, 2.05) is 18.2 Å². The number of anilines is 2. The van der Waals surface area contributed by atoms with Gasteiger partial charge in [0, 0.05) is 12.7 Å². The number of nitrogens with zero attached hydrogens (tertiary/aromatic N) is 2. The molecule has 21 heavy (non-hydrogen) atoms. The summed E-state index contributed by atoms with van der Waals surface area (Å²) < 4.78 is 8.33. The summed E-state index contributed by atoms with van der Waals surface area (Å²) in [5.41, 5.74) is 3.08. The number of carbonyl (C=O) groups is 1. The van der Waals surface area contributed by atoms with Crippen molar-refractivity contribution in [3.63, 3.8) is 0 Å². The summed E-state index contributed by atoms with van der Waals surface area (Å²) in [7, 11) is 1.77. The van der Waals surface area contributed by atoms with E-state index >= 15 is 0 Å². The number of amides is 1. The van der Waals surface area contributed by atoms with Crippen molar-refractivity contribution in [1.29, 1.82) is 0 Å². The first-order valence-corrected chi connectivity index (χ1v) is 7.30. The number of halogens is 1. The Morgan fingerprint density at radius 2 is 2.00 bits per heavy atom. The van der Waals surface area contributed by atoms with E-state index in [9.17, 15) is 4.79 Å².